The molecule has 3 rings (SSSR count). The molecule has 0 spiro atoms. The van der Waals surface area contributed by atoms with Gasteiger partial charge in [-0.15, -0.1) is 11.8 Å². The summed E-state index contributed by atoms with van der Waals surface area (Å²) >= 11 is 1.48. The molecule has 0 saturated carbocycles. The van der Waals surface area contributed by atoms with Crippen molar-refractivity contribution in [2.45, 2.75) is 24.0 Å². The largest absolute Gasteiger partial charge is 0.325 e. The van der Waals surface area contributed by atoms with Crippen molar-refractivity contribution in [3.8, 4) is 0 Å². The van der Waals surface area contributed by atoms with Crippen LogP contribution in [0.3, 0.4) is 0 Å². The fraction of sp³-hybridized carbons (Fsp3) is 0.174. The smallest absolute Gasteiger partial charge is 0.242 e. The first kappa shape index (κ1) is 21.9. The zero-order valence-corrected chi connectivity index (χ0v) is 18.5. The number of benzene rings is 3. The number of anilines is 2. The fourth-order valence-electron chi connectivity index (χ4n) is 2.84. The minimum atomic E-state index is -3.36. The van der Waals surface area contributed by atoms with Crippen LogP contribution in [0.15, 0.2) is 83.8 Å². The van der Waals surface area contributed by atoms with Crippen LogP contribution >= 0.6 is 11.8 Å². The Morgan fingerprint density at radius 1 is 0.967 bits per heavy atom. The Hall–Kier alpha value is -2.77. The van der Waals surface area contributed by atoms with Gasteiger partial charge in [-0.2, -0.15) is 0 Å². The van der Waals surface area contributed by atoms with E-state index in [2.05, 4.69) is 10.0 Å². The lowest BCUT2D eigenvalue weighted by molar-refractivity contribution is -0.115. The number of thioether (sulfide) groups is 1. The van der Waals surface area contributed by atoms with Gasteiger partial charge in [0.2, 0.25) is 15.9 Å². The second-order valence-corrected chi connectivity index (χ2v) is 9.94. The molecular weight excluding hydrogens is 416 g/mol. The van der Waals surface area contributed by atoms with Crippen LogP contribution in [0.5, 0.6) is 0 Å². The lowest BCUT2D eigenvalue weighted by Gasteiger charge is -2.18. The Morgan fingerprint density at radius 2 is 1.60 bits per heavy atom. The topological polar surface area (TPSA) is 75.3 Å². The van der Waals surface area contributed by atoms with Gasteiger partial charge in [-0.1, -0.05) is 48.5 Å². The van der Waals surface area contributed by atoms with E-state index in [4.69, 9.17) is 0 Å². The monoisotopic (exact) mass is 440 g/mol. The van der Waals surface area contributed by atoms with E-state index in [-0.39, 0.29) is 11.7 Å². The fourth-order valence-corrected chi connectivity index (χ4v) is 4.59. The summed E-state index contributed by atoms with van der Waals surface area (Å²) in [6.45, 7) is 3.39. The van der Waals surface area contributed by atoms with Crippen molar-refractivity contribution < 1.29 is 13.2 Å². The van der Waals surface area contributed by atoms with Crippen molar-refractivity contribution in [1.29, 1.82) is 0 Å². The van der Waals surface area contributed by atoms with Gasteiger partial charge < -0.3 is 5.32 Å². The van der Waals surface area contributed by atoms with Crippen LogP contribution in [-0.2, 0) is 14.8 Å². The second-order valence-electron chi connectivity index (χ2n) is 6.75. The van der Waals surface area contributed by atoms with Gasteiger partial charge in [0.25, 0.3) is 0 Å². The van der Waals surface area contributed by atoms with E-state index in [1.54, 1.807) is 32.0 Å². The minimum absolute atomic E-state index is 0.000389. The molecule has 7 heteroatoms. The standard InChI is InChI=1S/C23H24N2O3S2/c1-3-30(27,28)25-21-15-14-19(16-17(21)2)24-23(26)22(18-10-6-4-7-11-18)29-20-12-8-5-9-13-20/h4-16,22,25H,3H2,1-2H3,(H,24,26). The Morgan fingerprint density at radius 3 is 2.20 bits per heavy atom. The number of hydrogen-bond acceptors (Lipinski definition) is 4. The molecule has 0 bridgehead atoms. The Balaban J connectivity index is 1.81. The molecule has 0 aliphatic heterocycles. The molecule has 0 aliphatic carbocycles. The van der Waals surface area contributed by atoms with Crippen molar-refractivity contribution in [1.82, 2.24) is 0 Å². The van der Waals surface area contributed by atoms with Crippen LogP contribution < -0.4 is 10.0 Å². The van der Waals surface area contributed by atoms with Gasteiger partial charge in [-0.25, -0.2) is 8.42 Å². The number of sulfonamides is 1. The highest BCUT2D eigenvalue weighted by molar-refractivity contribution is 8.00. The van der Waals surface area contributed by atoms with Crippen molar-refractivity contribution in [2.24, 2.45) is 0 Å². The Kier molecular flexibility index (Phi) is 7.18. The van der Waals surface area contributed by atoms with E-state index < -0.39 is 15.3 Å². The van der Waals surface area contributed by atoms with Crippen LogP contribution in [0.2, 0.25) is 0 Å². The van der Waals surface area contributed by atoms with Crippen LogP contribution in [0.1, 0.15) is 23.3 Å². The molecule has 0 saturated heterocycles. The number of rotatable bonds is 8. The van der Waals surface area contributed by atoms with E-state index in [0.29, 0.717) is 11.4 Å². The molecule has 3 aromatic rings. The highest BCUT2D eigenvalue weighted by Gasteiger charge is 2.22. The van der Waals surface area contributed by atoms with Crippen molar-refractivity contribution in [3.63, 3.8) is 0 Å². The van der Waals surface area contributed by atoms with Gasteiger partial charge in [0.15, 0.2) is 0 Å². The molecule has 5 nitrogen and oxygen atoms in total. The quantitative estimate of drug-likeness (QED) is 0.471. The Bertz CT molecular complexity index is 1100. The third-order valence-electron chi connectivity index (χ3n) is 4.48. The summed E-state index contributed by atoms with van der Waals surface area (Å²) in [4.78, 5) is 14.1. The van der Waals surface area contributed by atoms with Crippen molar-refractivity contribution >= 4 is 39.1 Å². The summed E-state index contributed by atoms with van der Waals surface area (Å²) in [6.07, 6.45) is 0. The molecule has 1 amide bonds. The van der Waals surface area contributed by atoms with E-state index in [1.807, 2.05) is 60.7 Å². The van der Waals surface area contributed by atoms with Gasteiger partial charge in [0.05, 0.1) is 11.4 Å². The van der Waals surface area contributed by atoms with Crippen LogP contribution in [-0.4, -0.2) is 20.1 Å². The minimum Gasteiger partial charge on any atom is -0.325 e. The number of amides is 1. The van der Waals surface area contributed by atoms with E-state index in [9.17, 15) is 13.2 Å². The summed E-state index contributed by atoms with van der Waals surface area (Å²) in [5.74, 6) is -0.142. The summed E-state index contributed by atoms with van der Waals surface area (Å²) in [6, 6.07) is 24.6. The molecule has 156 valence electrons. The maximum Gasteiger partial charge on any atom is 0.242 e. The lowest BCUT2D eigenvalue weighted by Crippen LogP contribution is -2.19. The third kappa shape index (κ3) is 5.87. The predicted molar refractivity (Wildman–Crippen MR) is 124 cm³/mol. The maximum atomic E-state index is 13.1. The highest BCUT2D eigenvalue weighted by Crippen LogP contribution is 2.36. The number of carbonyl (C=O) groups excluding carboxylic acids is 1. The van der Waals surface area contributed by atoms with Crippen molar-refractivity contribution in [2.75, 3.05) is 15.8 Å². The highest BCUT2D eigenvalue weighted by atomic mass is 32.2. The van der Waals surface area contributed by atoms with E-state index in [0.717, 1.165) is 16.0 Å². The van der Waals surface area contributed by atoms with Gasteiger partial charge in [0.1, 0.15) is 5.25 Å². The number of carbonyl (C=O) groups is 1. The second kappa shape index (κ2) is 9.82. The molecule has 3 aromatic carbocycles. The van der Waals surface area contributed by atoms with Crippen LogP contribution in [0.4, 0.5) is 11.4 Å². The van der Waals surface area contributed by atoms with Gasteiger partial charge in [0, 0.05) is 10.6 Å². The molecule has 0 aromatic heterocycles. The van der Waals surface area contributed by atoms with Gasteiger partial charge in [-0.3, -0.25) is 9.52 Å². The van der Waals surface area contributed by atoms with Crippen LogP contribution in [0, 0.1) is 6.92 Å². The van der Waals surface area contributed by atoms with Crippen molar-refractivity contribution in [3.05, 3.63) is 90.0 Å². The molecule has 0 fully saturated rings. The first-order valence-corrected chi connectivity index (χ1v) is 12.1. The summed E-state index contributed by atoms with van der Waals surface area (Å²) in [5, 5.41) is 2.54. The van der Waals surface area contributed by atoms with Gasteiger partial charge in [-0.05, 0) is 55.3 Å². The first-order chi connectivity index (χ1) is 14.4. The number of nitrogens with one attached hydrogen (secondary N) is 2. The maximum absolute atomic E-state index is 13.1. The molecule has 2 N–H and O–H groups in total. The zero-order chi connectivity index (χ0) is 21.6. The third-order valence-corrected chi connectivity index (χ3v) is 7.03. The molecule has 1 unspecified atom stereocenters. The molecule has 30 heavy (non-hydrogen) atoms. The average molecular weight is 441 g/mol. The molecule has 1 atom stereocenters. The number of hydrogen-bond donors (Lipinski definition) is 2. The Labute approximate surface area is 182 Å². The molecule has 0 radical (unpaired) electrons. The SMILES string of the molecule is CCS(=O)(=O)Nc1ccc(NC(=O)C(Sc2ccccc2)c2ccccc2)cc1C. The van der Waals surface area contributed by atoms with E-state index >= 15 is 0 Å². The summed E-state index contributed by atoms with van der Waals surface area (Å²) < 4.78 is 26.2. The molecule has 0 heterocycles. The summed E-state index contributed by atoms with van der Waals surface area (Å²) in [5.41, 5.74) is 2.77. The van der Waals surface area contributed by atoms with Crippen LogP contribution in [0.25, 0.3) is 0 Å². The summed E-state index contributed by atoms with van der Waals surface area (Å²) in [7, 11) is -3.36. The average Bonchev–Trinajstić information content (AvgIpc) is 2.75. The number of aryl methyl sites for hydroxylation is 1. The zero-order valence-electron chi connectivity index (χ0n) is 16.8. The first-order valence-electron chi connectivity index (χ1n) is 9.56. The normalized spacial score (nSPS) is 12.2. The predicted octanol–water partition coefficient (Wildman–Crippen LogP) is 5.23. The van der Waals surface area contributed by atoms with Gasteiger partial charge >= 0.3 is 0 Å². The molecular formula is C23H24N2O3S2. The molecule has 0 aliphatic rings. The van der Waals surface area contributed by atoms with E-state index in [1.165, 1.54) is 11.8 Å². The lowest BCUT2D eigenvalue weighted by atomic mass is 10.1.